The number of nitrogen functional groups attached to an aromatic ring is 1. The summed E-state index contributed by atoms with van der Waals surface area (Å²) in [5.74, 6) is 0.682. The summed E-state index contributed by atoms with van der Waals surface area (Å²) in [6.45, 7) is -0.410. The minimum Gasteiger partial charge on any atom is -0.426 e. The van der Waals surface area contributed by atoms with Crippen LogP contribution in [0.2, 0.25) is 0 Å². The maximum absolute atomic E-state index is 12.1. The number of fused-ring (bicyclic) bond motifs is 1. The van der Waals surface area contributed by atoms with Gasteiger partial charge in [0.25, 0.3) is 0 Å². The van der Waals surface area contributed by atoms with Gasteiger partial charge in [-0.15, -0.1) is 0 Å². The number of benzene rings is 1. The predicted octanol–water partition coefficient (Wildman–Crippen LogP) is 1.88. The Hall–Kier alpha value is -2.96. The first-order valence-electron chi connectivity index (χ1n) is 8.77. The summed E-state index contributed by atoms with van der Waals surface area (Å²) < 4.78 is 30.0. The van der Waals surface area contributed by atoms with Crippen LogP contribution in [0.4, 0.5) is 5.82 Å². The van der Waals surface area contributed by atoms with Crippen molar-refractivity contribution in [1.29, 1.82) is 5.26 Å². The van der Waals surface area contributed by atoms with E-state index in [1.807, 2.05) is 6.07 Å². The predicted molar refractivity (Wildman–Crippen MR) is 102 cm³/mol. The first-order valence-corrected chi connectivity index (χ1v) is 10.00. The van der Waals surface area contributed by atoms with Crippen molar-refractivity contribution in [2.75, 3.05) is 12.3 Å². The van der Waals surface area contributed by atoms with Gasteiger partial charge in [0, 0.05) is 6.42 Å². The van der Waals surface area contributed by atoms with Gasteiger partial charge in [0.1, 0.15) is 42.5 Å². The molecule has 1 aliphatic rings. The number of nitrogens with two attached hydrogens (primary N) is 1. The van der Waals surface area contributed by atoms with Gasteiger partial charge in [0.05, 0.1) is 5.69 Å². The third kappa shape index (κ3) is 3.69. The molecule has 3 aromatic rings. The highest BCUT2D eigenvalue weighted by Crippen LogP contribution is 2.42. The standard InChI is InChI=1S/C18H18N5O5P/c19-9-18(10-26-29(25)28-12-4-2-1-3-5-12)16(24)8-15(27-18)13-6-7-14-17(20)21-11-22-23(13)14/h1-7,11,15-16,24,29H,8,10H2,(H2,20,21,22)/t15-,16+,18-/m1/s1. The average Bonchev–Trinajstić information content (AvgIpc) is 3.30. The van der Waals surface area contributed by atoms with E-state index in [-0.39, 0.29) is 6.42 Å². The zero-order chi connectivity index (χ0) is 20.4. The van der Waals surface area contributed by atoms with E-state index in [2.05, 4.69) is 10.1 Å². The molecule has 1 saturated heterocycles. The van der Waals surface area contributed by atoms with E-state index >= 15 is 0 Å². The quantitative estimate of drug-likeness (QED) is 0.576. The molecule has 150 valence electrons. The Bertz CT molecular complexity index is 1090. The van der Waals surface area contributed by atoms with Gasteiger partial charge in [-0.1, -0.05) is 18.2 Å². The van der Waals surface area contributed by atoms with Gasteiger partial charge in [-0.25, -0.2) is 14.1 Å². The fourth-order valence-corrected chi connectivity index (χ4v) is 3.94. The number of nitriles is 1. The number of nitrogens with zero attached hydrogens (tertiary/aromatic N) is 4. The number of ether oxygens (including phenoxy) is 1. The number of aliphatic hydroxyl groups is 1. The Morgan fingerprint density at radius 3 is 2.93 bits per heavy atom. The summed E-state index contributed by atoms with van der Waals surface area (Å²) in [6.07, 6.45) is -0.352. The average molecular weight is 415 g/mol. The van der Waals surface area contributed by atoms with Crippen LogP contribution in [0.15, 0.2) is 48.8 Å². The van der Waals surface area contributed by atoms with E-state index < -0.39 is 32.7 Å². The van der Waals surface area contributed by atoms with Crippen LogP contribution in [-0.2, 0) is 13.8 Å². The Morgan fingerprint density at radius 1 is 1.38 bits per heavy atom. The highest BCUT2D eigenvalue weighted by molar-refractivity contribution is 7.33. The zero-order valence-electron chi connectivity index (χ0n) is 15.1. The largest absolute Gasteiger partial charge is 0.426 e. The molecule has 1 unspecified atom stereocenters. The van der Waals surface area contributed by atoms with Crippen LogP contribution in [0.1, 0.15) is 18.2 Å². The van der Waals surface area contributed by atoms with Gasteiger partial charge in [0.15, 0.2) is 5.82 Å². The molecular weight excluding hydrogens is 397 g/mol. The SMILES string of the molecule is N#C[C@]1(CO[PH](=O)Oc2ccccc2)O[C@@H](c2ccc3c(N)ncnn23)C[C@@H]1O. The topological polar surface area (TPSA) is 145 Å². The van der Waals surface area contributed by atoms with E-state index in [0.717, 1.165) is 0 Å². The lowest BCUT2D eigenvalue weighted by Crippen LogP contribution is -2.42. The molecule has 1 fully saturated rings. The minimum absolute atomic E-state index is 0.132. The number of para-hydroxylation sites is 1. The van der Waals surface area contributed by atoms with E-state index in [0.29, 0.717) is 22.8 Å². The molecule has 3 heterocycles. The van der Waals surface area contributed by atoms with Crippen LogP contribution in [-0.4, -0.2) is 38.0 Å². The summed E-state index contributed by atoms with van der Waals surface area (Å²) in [4.78, 5) is 3.93. The number of rotatable bonds is 6. The third-order valence-electron chi connectivity index (χ3n) is 4.71. The molecule has 0 aliphatic carbocycles. The van der Waals surface area contributed by atoms with E-state index in [9.17, 15) is 14.9 Å². The molecule has 4 rings (SSSR count). The second kappa shape index (κ2) is 7.81. The molecule has 0 bridgehead atoms. The van der Waals surface area contributed by atoms with Crippen LogP contribution in [0.25, 0.3) is 5.52 Å². The van der Waals surface area contributed by atoms with Crippen molar-refractivity contribution in [3.63, 3.8) is 0 Å². The molecule has 4 atom stereocenters. The smallest absolute Gasteiger partial charge is 0.367 e. The van der Waals surface area contributed by atoms with Crippen LogP contribution in [0.5, 0.6) is 5.75 Å². The van der Waals surface area contributed by atoms with Crippen molar-refractivity contribution in [2.24, 2.45) is 0 Å². The molecule has 1 aromatic carbocycles. The third-order valence-corrected chi connectivity index (χ3v) is 5.49. The minimum atomic E-state index is -2.94. The lowest BCUT2D eigenvalue weighted by atomic mass is 9.99. The molecule has 1 aliphatic heterocycles. The number of anilines is 1. The van der Waals surface area contributed by atoms with Crippen molar-refractivity contribution < 1.29 is 23.5 Å². The summed E-state index contributed by atoms with van der Waals surface area (Å²) in [5.41, 5.74) is 5.35. The summed E-state index contributed by atoms with van der Waals surface area (Å²) in [7, 11) is -2.94. The van der Waals surface area contributed by atoms with Crippen molar-refractivity contribution >= 4 is 19.6 Å². The molecule has 3 N–H and O–H groups in total. The molecule has 0 amide bonds. The second-order valence-corrected chi connectivity index (χ2v) is 7.51. The normalized spacial score (nSPS) is 25.0. The van der Waals surface area contributed by atoms with Gasteiger partial charge >= 0.3 is 8.25 Å². The molecular formula is C18H18N5O5P. The van der Waals surface area contributed by atoms with Crippen molar-refractivity contribution in [2.45, 2.75) is 24.2 Å². The zero-order valence-corrected chi connectivity index (χ0v) is 16.1. The van der Waals surface area contributed by atoms with E-state index in [1.165, 1.54) is 6.33 Å². The highest BCUT2D eigenvalue weighted by Gasteiger charge is 2.50. The van der Waals surface area contributed by atoms with Crippen LogP contribution >= 0.6 is 8.25 Å². The summed E-state index contributed by atoms with van der Waals surface area (Å²) in [5, 5.41) is 24.3. The summed E-state index contributed by atoms with van der Waals surface area (Å²) in [6, 6.07) is 14.0. The lowest BCUT2D eigenvalue weighted by molar-refractivity contribution is -0.0690. The fraction of sp³-hybridized carbons (Fsp3) is 0.278. The Balaban J connectivity index is 1.48. The number of hydrogen-bond acceptors (Lipinski definition) is 9. The van der Waals surface area contributed by atoms with E-state index in [1.54, 1.807) is 47.0 Å². The monoisotopic (exact) mass is 415 g/mol. The van der Waals surface area contributed by atoms with Gasteiger partial charge in [-0.05, 0) is 24.3 Å². The van der Waals surface area contributed by atoms with Crippen molar-refractivity contribution in [3.05, 3.63) is 54.5 Å². The molecule has 11 heteroatoms. The molecule has 2 aromatic heterocycles. The Morgan fingerprint density at radius 2 is 2.17 bits per heavy atom. The molecule has 10 nitrogen and oxygen atoms in total. The lowest BCUT2D eigenvalue weighted by Gasteiger charge is -2.24. The fourth-order valence-electron chi connectivity index (χ4n) is 3.22. The summed E-state index contributed by atoms with van der Waals surface area (Å²) >= 11 is 0. The van der Waals surface area contributed by atoms with Gasteiger partial charge in [0.2, 0.25) is 5.60 Å². The van der Waals surface area contributed by atoms with Gasteiger partial charge in [-0.3, -0.25) is 4.52 Å². The molecule has 0 spiro atoms. The Labute approximate surface area is 166 Å². The Kier molecular flexibility index (Phi) is 5.22. The van der Waals surface area contributed by atoms with Crippen LogP contribution in [0, 0.1) is 11.3 Å². The van der Waals surface area contributed by atoms with Crippen LogP contribution < -0.4 is 10.3 Å². The number of aromatic nitrogens is 3. The highest BCUT2D eigenvalue weighted by atomic mass is 31.1. The molecule has 29 heavy (non-hydrogen) atoms. The molecule has 0 radical (unpaired) electrons. The van der Waals surface area contributed by atoms with Crippen molar-refractivity contribution in [3.8, 4) is 11.8 Å². The number of aliphatic hydroxyl groups excluding tert-OH is 1. The number of hydrogen-bond donors (Lipinski definition) is 2. The van der Waals surface area contributed by atoms with Gasteiger partial charge < -0.3 is 20.1 Å². The second-order valence-electron chi connectivity index (χ2n) is 6.51. The first kappa shape index (κ1) is 19.4. The van der Waals surface area contributed by atoms with Crippen LogP contribution in [0.3, 0.4) is 0 Å². The van der Waals surface area contributed by atoms with Gasteiger partial charge in [-0.2, -0.15) is 10.4 Å². The van der Waals surface area contributed by atoms with Crippen molar-refractivity contribution in [1.82, 2.24) is 14.6 Å². The van der Waals surface area contributed by atoms with E-state index in [4.69, 9.17) is 19.5 Å². The maximum Gasteiger partial charge on any atom is 0.367 e. The maximum atomic E-state index is 12.1. The molecule has 0 saturated carbocycles. The first-order chi connectivity index (χ1) is 14.0.